The van der Waals surface area contributed by atoms with Crippen molar-refractivity contribution < 1.29 is 14.3 Å². The van der Waals surface area contributed by atoms with E-state index in [1.54, 1.807) is 31.6 Å². The lowest BCUT2D eigenvalue weighted by molar-refractivity contribution is 0.0935. The van der Waals surface area contributed by atoms with Crippen molar-refractivity contribution in [2.45, 2.75) is 19.6 Å². The molecule has 1 aromatic carbocycles. The molecule has 0 saturated carbocycles. The fraction of sp³-hybridized carbons (Fsp3) is 0.240. The maximum atomic E-state index is 12.9. The molecule has 4 rings (SSSR count). The highest BCUT2D eigenvalue weighted by molar-refractivity contribution is 5.94. The first-order valence-electron chi connectivity index (χ1n) is 10.9. The maximum Gasteiger partial charge on any atom is 0.332 e. The molecular formula is C25H25N5O5. The number of benzene rings is 1. The molecule has 10 heteroatoms. The van der Waals surface area contributed by atoms with Gasteiger partial charge in [-0.2, -0.15) is 0 Å². The predicted octanol–water partition coefficient (Wildman–Crippen LogP) is 2.11. The van der Waals surface area contributed by atoms with Crippen LogP contribution in [0.4, 0.5) is 0 Å². The number of ether oxygens (including phenoxy) is 2. The fourth-order valence-electron chi connectivity index (χ4n) is 3.65. The van der Waals surface area contributed by atoms with E-state index in [4.69, 9.17) is 9.47 Å². The number of aromatic nitrogens is 4. The molecule has 1 atom stereocenters. The second kappa shape index (κ2) is 9.80. The van der Waals surface area contributed by atoms with Crippen molar-refractivity contribution in [3.05, 3.63) is 92.5 Å². The topological polar surface area (TPSA) is 117 Å². The molecule has 0 spiro atoms. The van der Waals surface area contributed by atoms with Crippen LogP contribution in [0, 0.1) is 0 Å². The molecule has 0 aliphatic heterocycles. The summed E-state index contributed by atoms with van der Waals surface area (Å²) in [4.78, 5) is 45.7. The van der Waals surface area contributed by atoms with Gasteiger partial charge in [-0.1, -0.05) is 6.07 Å². The van der Waals surface area contributed by atoms with E-state index >= 15 is 0 Å². The molecule has 0 saturated heterocycles. The number of hydrogen-bond acceptors (Lipinski definition) is 7. The van der Waals surface area contributed by atoms with E-state index in [0.29, 0.717) is 18.1 Å². The van der Waals surface area contributed by atoms with Gasteiger partial charge in [0.05, 0.1) is 18.5 Å². The highest BCUT2D eigenvalue weighted by atomic mass is 16.5. The molecule has 1 unspecified atom stereocenters. The lowest BCUT2D eigenvalue weighted by atomic mass is 10.1. The van der Waals surface area contributed by atoms with Crippen LogP contribution in [0.2, 0.25) is 0 Å². The molecule has 35 heavy (non-hydrogen) atoms. The number of pyridine rings is 2. The van der Waals surface area contributed by atoms with E-state index in [9.17, 15) is 14.4 Å². The van der Waals surface area contributed by atoms with Crippen molar-refractivity contribution in [2.75, 3.05) is 7.11 Å². The van der Waals surface area contributed by atoms with Crippen LogP contribution in [0.1, 0.15) is 34.6 Å². The van der Waals surface area contributed by atoms with Gasteiger partial charge in [0.25, 0.3) is 11.5 Å². The van der Waals surface area contributed by atoms with Gasteiger partial charge in [0.15, 0.2) is 11.5 Å². The minimum Gasteiger partial charge on any atom is -0.493 e. The monoisotopic (exact) mass is 475 g/mol. The van der Waals surface area contributed by atoms with Crippen molar-refractivity contribution in [1.29, 1.82) is 0 Å². The summed E-state index contributed by atoms with van der Waals surface area (Å²) in [7, 11) is 4.46. The highest BCUT2D eigenvalue weighted by Crippen LogP contribution is 2.31. The van der Waals surface area contributed by atoms with E-state index in [-0.39, 0.29) is 22.8 Å². The lowest BCUT2D eigenvalue weighted by Crippen LogP contribution is -2.37. The number of rotatable bonds is 7. The molecule has 1 amide bonds. The maximum absolute atomic E-state index is 12.9. The Hall–Kier alpha value is -4.47. The average molecular weight is 476 g/mol. The third kappa shape index (κ3) is 4.77. The average Bonchev–Trinajstić information content (AvgIpc) is 2.89. The number of amides is 1. The minimum absolute atomic E-state index is 0.0943. The van der Waals surface area contributed by atoms with Crippen LogP contribution >= 0.6 is 0 Å². The third-order valence-electron chi connectivity index (χ3n) is 5.71. The Morgan fingerprint density at radius 3 is 2.49 bits per heavy atom. The van der Waals surface area contributed by atoms with Crippen LogP contribution in [0.15, 0.2) is 64.4 Å². The van der Waals surface area contributed by atoms with Gasteiger partial charge in [0.2, 0.25) is 0 Å². The third-order valence-corrected chi connectivity index (χ3v) is 5.71. The highest BCUT2D eigenvalue weighted by Gasteiger charge is 2.17. The zero-order valence-electron chi connectivity index (χ0n) is 19.8. The van der Waals surface area contributed by atoms with Crippen LogP contribution in [0.25, 0.3) is 11.0 Å². The normalized spacial score (nSPS) is 11.8. The number of aryl methyl sites for hydroxylation is 1. The van der Waals surface area contributed by atoms with Crippen molar-refractivity contribution in [2.24, 2.45) is 14.1 Å². The second-order valence-corrected chi connectivity index (χ2v) is 8.02. The first-order valence-corrected chi connectivity index (χ1v) is 10.9. The SMILES string of the molecule is COc1cc(C(C)NC(=O)c2ccc3c(=O)n(C)c(=O)n(C)c3n2)ccc1OCc1ccncc1. The van der Waals surface area contributed by atoms with Gasteiger partial charge in [-0.15, -0.1) is 0 Å². The Kier molecular flexibility index (Phi) is 6.63. The molecule has 3 heterocycles. The molecule has 0 radical (unpaired) electrons. The van der Waals surface area contributed by atoms with Gasteiger partial charge in [-0.3, -0.25) is 23.7 Å². The Morgan fingerprint density at radius 2 is 1.77 bits per heavy atom. The molecule has 0 aliphatic carbocycles. The zero-order chi connectivity index (χ0) is 25.1. The van der Waals surface area contributed by atoms with Gasteiger partial charge in [0.1, 0.15) is 17.9 Å². The molecule has 0 aliphatic rings. The van der Waals surface area contributed by atoms with Gasteiger partial charge in [0, 0.05) is 26.5 Å². The predicted molar refractivity (Wildman–Crippen MR) is 130 cm³/mol. The van der Waals surface area contributed by atoms with E-state index in [1.165, 1.54) is 30.8 Å². The summed E-state index contributed by atoms with van der Waals surface area (Å²) in [5.74, 6) is 0.669. The van der Waals surface area contributed by atoms with Gasteiger partial charge >= 0.3 is 5.69 Å². The standard InChI is InChI=1S/C25H25N5O5/c1-15(17-5-8-20(21(13-17)34-4)35-14-16-9-11-26-12-10-16)27-23(31)19-7-6-18-22(28-19)29(2)25(33)30(3)24(18)32/h5-13,15H,14H2,1-4H3,(H,27,31). The minimum atomic E-state index is -0.515. The van der Waals surface area contributed by atoms with E-state index < -0.39 is 17.2 Å². The summed E-state index contributed by atoms with van der Waals surface area (Å²) in [6.07, 6.45) is 3.40. The summed E-state index contributed by atoms with van der Waals surface area (Å²) in [6.45, 7) is 2.19. The number of fused-ring (bicyclic) bond motifs is 1. The van der Waals surface area contributed by atoms with Crippen molar-refractivity contribution in [3.8, 4) is 11.5 Å². The fourth-order valence-corrected chi connectivity index (χ4v) is 3.65. The molecule has 1 N–H and O–H groups in total. The molecule has 10 nitrogen and oxygen atoms in total. The van der Waals surface area contributed by atoms with Gasteiger partial charge in [-0.05, 0) is 54.4 Å². The summed E-state index contributed by atoms with van der Waals surface area (Å²) in [5.41, 5.74) is 1.04. The van der Waals surface area contributed by atoms with Gasteiger partial charge in [-0.25, -0.2) is 9.78 Å². The summed E-state index contributed by atoms with van der Waals surface area (Å²) < 4.78 is 13.6. The quantitative estimate of drug-likeness (QED) is 0.435. The number of carbonyl (C=O) groups is 1. The molecule has 4 aromatic rings. The largest absolute Gasteiger partial charge is 0.493 e. The van der Waals surface area contributed by atoms with Crippen LogP contribution in [0.5, 0.6) is 11.5 Å². The Bertz CT molecular complexity index is 1510. The molecular weight excluding hydrogens is 450 g/mol. The first kappa shape index (κ1) is 23.7. The van der Waals surface area contributed by atoms with E-state index in [0.717, 1.165) is 15.7 Å². The Morgan fingerprint density at radius 1 is 1.03 bits per heavy atom. The van der Waals surface area contributed by atoms with Crippen molar-refractivity contribution in [1.82, 2.24) is 24.4 Å². The molecule has 0 bridgehead atoms. The van der Waals surface area contributed by atoms with E-state index in [1.807, 2.05) is 25.1 Å². The van der Waals surface area contributed by atoms with E-state index in [2.05, 4.69) is 15.3 Å². The number of nitrogens with one attached hydrogen (secondary N) is 1. The van der Waals surface area contributed by atoms with Gasteiger partial charge < -0.3 is 14.8 Å². The molecule has 180 valence electrons. The summed E-state index contributed by atoms with van der Waals surface area (Å²) >= 11 is 0. The number of carbonyl (C=O) groups excluding carboxylic acids is 1. The lowest BCUT2D eigenvalue weighted by Gasteiger charge is -2.17. The first-order chi connectivity index (χ1) is 16.8. The molecule has 3 aromatic heterocycles. The van der Waals surface area contributed by atoms with Crippen LogP contribution < -0.4 is 26.0 Å². The number of nitrogens with zero attached hydrogens (tertiary/aromatic N) is 4. The van der Waals surface area contributed by atoms with Crippen molar-refractivity contribution >= 4 is 16.9 Å². The molecule has 0 fully saturated rings. The summed E-state index contributed by atoms with van der Waals surface area (Å²) in [5, 5.41) is 3.15. The zero-order valence-corrected chi connectivity index (χ0v) is 19.8. The van der Waals surface area contributed by atoms with Crippen molar-refractivity contribution in [3.63, 3.8) is 0 Å². The van der Waals surface area contributed by atoms with Crippen LogP contribution in [-0.2, 0) is 20.7 Å². The smallest absolute Gasteiger partial charge is 0.332 e. The number of methoxy groups -OCH3 is 1. The number of hydrogen-bond donors (Lipinski definition) is 1. The summed E-state index contributed by atoms with van der Waals surface area (Å²) in [6, 6.07) is 11.8. The second-order valence-electron chi connectivity index (χ2n) is 8.02. The Labute approximate surface area is 200 Å². The van der Waals surface area contributed by atoms with Crippen LogP contribution in [-0.4, -0.2) is 32.1 Å². The Balaban J connectivity index is 1.52. The van der Waals surface area contributed by atoms with Crippen LogP contribution in [0.3, 0.4) is 0 Å².